The molecule has 1 aromatic heterocycles. The summed E-state index contributed by atoms with van der Waals surface area (Å²) in [6.45, 7) is 10.7. The summed E-state index contributed by atoms with van der Waals surface area (Å²) < 4.78 is 7.79. The summed E-state index contributed by atoms with van der Waals surface area (Å²) in [5.41, 5.74) is 1.12. The van der Waals surface area contributed by atoms with E-state index in [1.165, 1.54) is 0 Å². The molecule has 1 saturated heterocycles. The summed E-state index contributed by atoms with van der Waals surface area (Å²) in [4.78, 5) is 9.55. The van der Waals surface area contributed by atoms with Crippen LogP contribution in [0.3, 0.4) is 0 Å². The van der Waals surface area contributed by atoms with Gasteiger partial charge >= 0.3 is 0 Å². The van der Waals surface area contributed by atoms with Gasteiger partial charge in [-0.15, -0.1) is 0 Å². The number of aryl methyl sites for hydroxylation is 1. The van der Waals surface area contributed by atoms with E-state index in [1.807, 2.05) is 24.1 Å². The lowest BCUT2D eigenvalue weighted by molar-refractivity contribution is -0.00807. The highest BCUT2D eigenvalue weighted by Crippen LogP contribution is 2.21. The SMILES string of the molecule is CCNC(=NCC(CC(C)C)N(C)C)N1CCOC(c2cnn(C)c2)C1. The van der Waals surface area contributed by atoms with E-state index in [9.17, 15) is 0 Å². The van der Waals surface area contributed by atoms with Gasteiger partial charge in [-0.2, -0.15) is 5.10 Å². The monoisotopic (exact) mass is 364 g/mol. The second-order valence-corrected chi connectivity index (χ2v) is 7.69. The van der Waals surface area contributed by atoms with E-state index in [0.717, 1.165) is 44.1 Å². The standard InChI is InChI=1S/C19H36N6O/c1-7-20-19(21-12-17(23(4)5)10-15(2)3)25-8-9-26-18(14-25)16-11-22-24(6)13-16/h11,13,15,17-18H,7-10,12,14H2,1-6H3,(H,20,21). The predicted molar refractivity (Wildman–Crippen MR) is 106 cm³/mol. The lowest BCUT2D eigenvalue weighted by atomic mass is 10.0. The molecule has 0 radical (unpaired) electrons. The number of rotatable bonds is 7. The molecule has 7 heteroatoms. The number of aliphatic imine (C=N–C) groups is 1. The van der Waals surface area contributed by atoms with Crippen molar-refractivity contribution in [2.24, 2.45) is 18.0 Å². The molecule has 1 aliphatic heterocycles. The van der Waals surface area contributed by atoms with Crippen molar-refractivity contribution in [2.75, 3.05) is 46.9 Å². The van der Waals surface area contributed by atoms with Crippen LogP contribution in [0, 0.1) is 5.92 Å². The molecule has 1 N–H and O–H groups in total. The van der Waals surface area contributed by atoms with E-state index >= 15 is 0 Å². The molecular formula is C19H36N6O. The van der Waals surface area contributed by atoms with Gasteiger partial charge in [-0.1, -0.05) is 13.8 Å². The number of ether oxygens (including phenoxy) is 1. The average Bonchev–Trinajstić information content (AvgIpc) is 3.03. The fraction of sp³-hybridized carbons (Fsp3) is 0.789. The highest BCUT2D eigenvalue weighted by molar-refractivity contribution is 5.80. The first kappa shape index (κ1) is 20.7. The number of nitrogens with zero attached hydrogens (tertiary/aromatic N) is 5. The van der Waals surface area contributed by atoms with Gasteiger partial charge in [0, 0.05) is 37.9 Å². The normalized spacial score (nSPS) is 20.1. The molecule has 26 heavy (non-hydrogen) atoms. The Hall–Kier alpha value is -1.60. The fourth-order valence-corrected chi connectivity index (χ4v) is 3.26. The minimum absolute atomic E-state index is 0.0432. The van der Waals surface area contributed by atoms with Crippen molar-refractivity contribution < 1.29 is 4.74 Å². The van der Waals surface area contributed by atoms with E-state index in [4.69, 9.17) is 9.73 Å². The second kappa shape index (κ2) is 9.92. The largest absolute Gasteiger partial charge is 0.370 e. The number of aromatic nitrogens is 2. The summed E-state index contributed by atoms with van der Waals surface area (Å²) in [5.74, 6) is 1.65. The number of hydrogen-bond donors (Lipinski definition) is 1. The number of likely N-dealkylation sites (N-methyl/N-ethyl adjacent to an activating group) is 1. The summed E-state index contributed by atoms with van der Waals surface area (Å²) in [6.07, 6.45) is 5.12. The molecule has 0 spiro atoms. The van der Waals surface area contributed by atoms with Crippen LogP contribution in [-0.2, 0) is 11.8 Å². The maximum Gasteiger partial charge on any atom is 0.194 e. The van der Waals surface area contributed by atoms with Crippen LogP contribution in [0.4, 0.5) is 0 Å². The summed E-state index contributed by atoms with van der Waals surface area (Å²) in [6, 6.07) is 0.457. The van der Waals surface area contributed by atoms with Crippen LogP contribution in [-0.4, -0.2) is 78.5 Å². The number of hydrogen-bond acceptors (Lipinski definition) is 4. The molecule has 1 fully saturated rings. The van der Waals surface area contributed by atoms with Gasteiger partial charge in [0.05, 0.1) is 25.9 Å². The maximum absolute atomic E-state index is 5.97. The Morgan fingerprint density at radius 1 is 1.46 bits per heavy atom. The first-order chi connectivity index (χ1) is 12.4. The Labute approximate surface area is 158 Å². The fourth-order valence-electron chi connectivity index (χ4n) is 3.26. The zero-order chi connectivity index (χ0) is 19.1. The van der Waals surface area contributed by atoms with Gasteiger partial charge in [0.25, 0.3) is 0 Å². The van der Waals surface area contributed by atoms with E-state index in [2.05, 4.69) is 55.1 Å². The van der Waals surface area contributed by atoms with Gasteiger partial charge in [0.1, 0.15) is 6.10 Å². The highest BCUT2D eigenvalue weighted by Gasteiger charge is 2.25. The second-order valence-electron chi connectivity index (χ2n) is 7.69. The lowest BCUT2D eigenvalue weighted by Crippen LogP contribution is -2.48. The Balaban J connectivity index is 2.06. The Kier molecular flexibility index (Phi) is 7.90. The molecular weight excluding hydrogens is 328 g/mol. The lowest BCUT2D eigenvalue weighted by Gasteiger charge is -2.35. The number of guanidine groups is 1. The number of nitrogens with one attached hydrogen (secondary N) is 1. The molecule has 2 unspecified atom stereocenters. The molecule has 0 saturated carbocycles. The molecule has 0 aromatic carbocycles. The third-order valence-electron chi connectivity index (χ3n) is 4.72. The molecule has 2 heterocycles. The van der Waals surface area contributed by atoms with Crippen LogP contribution in [0.15, 0.2) is 17.4 Å². The van der Waals surface area contributed by atoms with Crippen molar-refractivity contribution in [3.05, 3.63) is 18.0 Å². The van der Waals surface area contributed by atoms with Crippen molar-refractivity contribution in [3.8, 4) is 0 Å². The maximum atomic E-state index is 5.97. The summed E-state index contributed by atoms with van der Waals surface area (Å²) in [7, 11) is 6.22. The molecule has 1 aliphatic rings. The van der Waals surface area contributed by atoms with Crippen molar-refractivity contribution in [2.45, 2.75) is 39.3 Å². The zero-order valence-electron chi connectivity index (χ0n) is 17.3. The Bertz CT molecular complexity index is 568. The molecule has 148 valence electrons. The van der Waals surface area contributed by atoms with Gasteiger partial charge in [-0.25, -0.2) is 0 Å². The van der Waals surface area contributed by atoms with E-state index in [-0.39, 0.29) is 6.10 Å². The van der Waals surface area contributed by atoms with E-state index in [1.54, 1.807) is 0 Å². The van der Waals surface area contributed by atoms with Crippen molar-refractivity contribution in [1.29, 1.82) is 0 Å². The van der Waals surface area contributed by atoms with Gasteiger partial charge in [-0.05, 0) is 33.4 Å². The van der Waals surface area contributed by atoms with Crippen molar-refractivity contribution in [3.63, 3.8) is 0 Å². The number of morpholine rings is 1. The molecule has 1 aromatic rings. The van der Waals surface area contributed by atoms with E-state index in [0.29, 0.717) is 18.6 Å². The molecule has 7 nitrogen and oxygen atoms in total. The topological polar surface area (TPSA) is 57.9 Å². The first-order valence-corrected chi connectivity index (χ1v) is 9.70. The van der Waals surface area contributed by atoms with Crippen LogP contribution < -0.4 is 5.32 Å². The van der Waals surface area contributed by atoms with Gasteiger partial charge in [0.15, 0.2) is 5.96 Å². The average molecular weight is 365 g/mol. The molecule has 0 amide bonds. The third kappa shape index (κ3) is 5.99. The molecule has 2 atom stereocenters. The zero-order valence-corrected chi connectivity index (χ0v) is 17.3. The van der Waals surface area contributed by atoms with Crippen LogP contribution in [0.1, 0.15) is 38.9 Å². The predicted octanol–water partition coefficient (Wildman–Crippen LogP) is 1.74. The first-order valence-electron chi connectivity index (χ1n) is 9.70. The van der Waals surface area contributed by atoms with E-state index < -0.39 is 0 Å². The van der Waals surface area contributed by atoms with Crippen molar-refractivity contribution in [1.82, 2.24) is 24.9 Å². The molecule has 0 bridgehead atoms. The quantitative estimate of drug-likeness (QED) is 0.590. The van der Waals surface area contributed by atoms with Crippen molar-refractivity contribution >= 4 is 5.96 Å². The van der Waals surface area contributed by atoms with Crippen LogP contribution in [0.2, 0.25) is 0 Å². The minimum Gasteiger partial charge on any atom is -0.370 e. The summed E-state index contributed by atoms with van der Waals surface area (Å²) in [5, 5.41) is 7.73. The minimum atomic E-state index is 0.0432. The molecule has 2 rings (SSSR count). The van der Waals surface area contributed by atoms with Gasteiger partial charge in [0.2, 0.25) is 0 Å². The Morgan fingerprint density at radius 2 is 2.23 bits per heavy atom. The Morgan fingerprint density at radius 3 is 2.81 bits per heavy atom. The highest BCUT2D eigenvalue weighted by atomic mass is 16.5. The van der Waals surface area contributed by atoms with Gasteiger partial charge in [-0.3, -0.25) is 9.67 Å². The smallest absolute Gasteiger partial charge is 0.194 e. The molecule has 0 aliphatic carbocycles. The van der Waals surface area contributed by atoms with Gasteiger partial charge < -0.3 is 19.9 Å². The summed E-state index contributed by atoms with van der Waals surface area (Å²) >= 11 is 0. The van der Waals surface area contributed by atoms with Crippen LogP contribution in [0.5, 0.6) is 0 Å². The van der Waals surface area contributed by atoms with Crippen LogP contribution >= 0.6 is 0 Å². The third-order valence-corrected chi connectivity index (χ3v) is 4.72. The van der Waals surface area contributed by atoms with Crippen LogP contribution in [0.25, 0.3) is 0 Å².